The van der Waals surface area contributed by atoms with Gasteiger partial charge in [0.15, 0.2) is 0 Å². The Morgan fingerprint density at radius 3 is 2.55 bits per heavy atom. The monoisotopic (exact) mass is 421 g/mol. The van der Waals surface area contributed by atoms with Gasteiger partial charge in [-0.1, -0.05) is 54.6 Å². The molecular weight excluding hydrogens is 392 g/mol. The average Bonchev–Trinajstić information content (AvgIpc) is 3.01. The number of hydrogen-bond donors (Lipinski definition) is 2. The van der Waals surface area contributed by atoms with E-state index in [2.05, 4.69) is 6.58 Å². The minimum absolute atomic E-state index is 0.100. The first-order chi connectivity index (χ1) is 14.8. The van der Waals surface area contributed by atoms with E-state index in [0.717, 1.165) is 10.5 Å². The number of hydrogen-bond acceptors (Lipinski definition) is 4. The largest absolute Gasteiger partial charge is 0.507 e. The Balaban J connectivity index is 2.12. The van der Waals surface area contributed by atoms with Crippen molar-refractivity contribution < 1.29 is 24.3 Å². The van der Waals surface area contributed by atoms with E-state index >= 15 is 0 Å². The van der Waals surface area contributed by atoms with Crippen LogP contribution in [0.5, 0.6) is 5.75 Å². The zero-order valence-electron chi connectivity index (χ0n) is 18.2. The van der Waals surface area contributed by atoms with Crippen molar-refractivity contribution in [3.05, 3.63) is 83.4 Å². The summed E-state index contributed by atoms with van der Waals surface area (Å²) in [4.78, 5) is 28.7. The van der Waals surface area contributed by atoms with Crippen LogP contribution in [0.4, 0.5) is 0 Å². The van der Waals surface area contributed by atoms with E-state index in [4.69, 9.17) is 4.74 Å². The molecule has 1 aliphatic rings. The summed E-state index contributed by atoms with van der Waals surface area (Å²) in [6.45, 7) is 7.00. The van der Waals surface area contributed by atoms with Crippen LogP contribution in [-0.2, 0) is 9.59 Å². The zero-order valence-corrected chi connectivity index (χ0v) is 18.2. The molecule has 1 fully saturated rings. The van der Waals surface area contributed by atoms with Crippen molar-refractivity contribution in [2.24, 2.45) is 0 Å². The van der Waals surface area contributed by atoms with Gasteiger partial charge >= 0.3 is 0 Å². The van der Waals surface area contributed by atoms with E-state index < -0.39 is 17.7 Å². The number of likely N-dealkylation sites (tertiary alicyclic amines) is 1. The molecular formula is C25H29N2O4+. The van der Waals surface area contributed by atoms with Crippen LogP contribution in [0.15, 0.2) is 66.8 Å². The Kier molecular flexibility index (Phi) is 6.92. The molecule has 0 saturated carbocycles. The molecule has 0 radical (unpaired) electrons. The fraction of sp³-hybridized carbons (Fsp3) is 0.280. The third-order valence-electron chi connectivity index (χ3n) is 5.26. The lowest BCUT2D eigenvalue weighted by molar-refractivity contribution is -0.857. The number of aryl methyl sites for hydroxylation is 1. The number of aliphatic hydroxyl groups excluding tert-OH is 1. The highest BCUT2D eigenvalue weighted by atomic mass is 16.5. The minimum Gasteiger partial charge on any atom is -0.507 e. The second kappa shape index (κ2) is 9.62. The van der Waals surface area contributed by atoms with Crippen LogP contribution in [0.1, 0.15) is 22.7 Å². The number of quaternary nitrogens is 1. The Bertz CT molecular complexity index is 1010. The SMILES string of the molecule is C=CCOc1cccc([C@@H]2C(=C(O)c3ccc(C)cc3)C(=O)C(=O)N2CC[NH+](C)C)c1. The van der Waals surface area contributed by atoms with E-state index in [1.54, 1.807) is 29.2 Å². The molecule has 0 aromatic heterocycles. The standard InChI is InChI=1S/C25H28N2O4/c1-5-15-31-20-8-6-7-19(16-20)22-21(23(28)18-11-9-17(2)10-12-18)24(29)25(30)27(22)14-13-26(3)4/h5-12,16,22,28H,1,13-15H2,2-4H3/p+1/t22-/m1/s1. The van der Waals surface area contributed by atoms with Crippen molar-refractivity contribution in [1.29, 1.82) is 0 Å². The van der Waals surface area contributed by atoms with Crippen LogP contribution in [0.2, 0.25) is 0 Å². The van der Waals surface area contributed by atoms with Gasteiger partial charge in [0.05, 0.1) is 38.8 Å². The Hall–Kier alpha value is -3.38. The van der Waals surface area contributed by atoms with Crippen molar-refractivity contribution in [1.82, 2.24) is 4.90 Å². The predicted molar refractivity (Wildman–Crippen MR) is 120 cm³/mol. The number of ether oxygens (including phenoxy) is 1. The summed E-state index contributed by atoms with van der Waals surface area (Å²) < 4.78 is 5.65. The molecule has 0 bridgehead atoms. The fourth-order valence-corrected chi connectivity index (χ4v) is 3.60. The van der Waals surface area contributed by atoms with Gasteiger partial charge in [-0.3, -0.25) is 9.59 Å². The van der Waals surface area contributed by atoms with Gasteiger partial charge in [0.25, 0.3) is 11.7 Å². The molecule has 0 unspecified atom stereocenters. The molecule has 2 aromatic carbocycles. The fourth-order valence-electron chi connectivity index (χ4n) is 3.60. The first kappa shape index (κ1) is 22.3. The second-order valence-corrected chi connectivity index (χ2v) is 7.99. The third kappa shape index (κ3) is 4.86. The normalized spacial score (nSPS) is 17.9. The predicted octanol–water partition coefficient (Wildman–Crippen LogP) is 2.13. The van der Waals surface area contributed by atoms with Crippen molar-refractivity contribution >= 4 is 17.4 Å². The van der Waals surface area contributed by atoms with Gasteiger partial charge in [-0.25, -0.2) is 0 Å². The maximum absolute atomic E-state index is 13.0. The van der Waals surface area contributed by atoms with Gasteiger partial charge in [-0.05, 0) is 24.6 Å². The van der Waals surface area contributed by atoms with Gasteiger partial charge in [-0.2, -0.15) is 0 Å². The summed E-state index contributed by atoms with van der Waals surface area (Å²) in [5.74, 6) is -0.830. The summed E-state index contributed by atoms with van der Waals surface area (Å²) in [5, 5.41) is 11.1. The molecule has 2 aromatic rings. The number of carbonyl (C=O) groups is 2. The van der Waals surface area contributed by atoms with E-state index in [0.29, 0.717) is 36.6 Å². The molecule has 6 heteroatoms. The molecule has 0 spiro atoms. The van der Waals surface area contributed by atoms with Gasteiger partial charge < -0.3 is 19.6 Å². The molecule has 0 aliphatic carbocycles. The van der Waals surface area contributed by atoms with E-state index in [1.807, 2.05) is 51.4 Å². The van der Waals surface area contributed by atoms with E-state index in [-0.39, 0.29) is 11.3 Å². The van der Waals surface area contributed by atoms with Gasteiger partial charge in [0.1, 0.15) is 18.1 Å². The first-order valence-electron chi connectivity index (χ1n) is 10.3. The van der Waals surface area contributed by atoms with Crippen LogP contribution >= 0.6 is 0 Å². The van der Waals surface area contributed by atoms with Gasteiger partial charge in [0.2, 0.25) is 0 Å². The number of carbonyl (C=O) groups excluding carboxylic acids is 2. The molecule has 1 saturated heterocycles. The molecule has 1 aliphatic heterocycles. The quantitative estimate of drug-likeness (QED) is 0.297. The molecule has 2 N–H and O–H groups in total. The Morgan fingerprint density at radius 1 is 1.19 bits per heavy atom. The summed E-state index contributed by atoms with van der Waals surface area (Å²) in [7, 11) is 3.98. The van der Waals surface area contributed by atoms with Crippen LogP contribution in [0.3, 0.4) is 0 Å². The molecule has 6 nitrogen and oxygen atoms in total. The minimum atomic E-state index is -0.687. The van der Waals surface area contributed by atoms with Crippen molar-refractivity contribution in [3.63, 3.8) is 0 Å². The maximum atomic E-state index is 13.0. The van der Waals surface area contributed by atoms with Gasteiger partial charge in [0, 0.05) is 5.56 Å². The first-order valence-corrected chi connectivity index (χ1v) is 10.3. The summed E-state index contributed by atoms with van der Waals surface area (Å²) >= 11 is 0. The lowest BCUT2D eigenvalue weighted by Crippen LogP contribution is -3.06. The van der Waals surface area contributed by atoms with Gasteiger partial charge in [-0.15, -0.1) is 0 Å². The second-order valence-electron chi connectivity index (χ2n) is 7.99. The highest BCUT2D eigenvalue weighted by molar-refractivity contribution is 6.46. The van der Waals surface area contributed by atoms with E-state index in [9.17, 15) is 14.7 Å². The molecule has 1 amide bonds. The topological polar surface area (TPSA) is 71.3 Å². The third-order valence-corrected chi connectivity index (χ3v) is 5.26. The lowest BCUT2D eigenvalue weighted by atomic mass is 9.95. The lowest BCUT2D eigenvalue weighted by Gasteiger charge is -2.26. The Morgan fingerprint density at radius 2 is 1.90 bits per heavy atom. The number of ketones is 1. The van der Waals surface area contributed by atoms with Crippen LogP contribution < -0.4 is 9.64 Å². The highest BCUT2D eigenvalue weighted by Crippen LogP contribution is 2.40. The number of benzene rings is 2. The summed E-state index contributed by atoms with van der Waals surface area (Å²) in [6.07, 6.45) is 1.65. The molecule has 31 heavy (non-hydrogen) atoms. The number of amides is 1. The highest BCUT2D eigenvalue weighted by Gasteiger charge is 2.46. The molecule has 1 atom stereocenters. The Labute approximate surface area is 183 Å². The molecule has 1 heterocycles. The number of aliphatic hydroxyl groups is 1. The van der Waals surface area contributed by atoms with Crippen LogP contribution in [0, 0.1) is 6.92 Å². The number of likely N-dealkylation sites (N-methyl/N-ethyl adjacent to an activating group) is 1. The number of nitrogens with zero attached hydrogens (tertiary/aromatic N) is 1. The summed E-state index contributed by atoms with van der Waals surface area (Å²) in [6, 6.07) is 13.8. The molecule has 3 rings (SSSR count). The maximum Gasteiger partial charge on any atom is 0.295 e. The van der Waals surface area contributed by atoms with Crippen LogP contribution in [-0.4, -0.2) is 55.5 Å². The van der Waals surface area contributed by atoms with Crippen molar-refractivity contribution in [2.45, 2.75) is 13.0 Å². The average molecular weight is 422 g/mol. The smallest absolute Gasteiger partial charge is 0.295 e. The van der Waals surface area contributed by atoms with Crippen molar-refractivity contribution in [2.75, 3.05) is 33.8 Å². The van der Waals surface area contributed by atoms with Crippen LogP contribution in [0.25, 0.3) is 5.76 Å². The van der Waals surface area contributed by atoms with E-state index in [1.165, 1.54) is 0 Å². The number of nitrogens with one attached hydrogen (secondary N) is 1. The van der Waals surface area contributed by atoms with Crippen molar-refractivity contribution in [3.8, 4) is 5.75 Å². The number of Topliss-reactive ketones (excluding diaryl/α,β-unsaturated/α-hetero) is 1. The number of rotatable bonds is 8. The summed E-state index contributed by atoms with van der Waals surface area (Å²) in [5.41, 5.74) is 2.35. The molecule has 162 valence electrons. The zero-order chi connectivity index (χ0) is 22.5.